The number of hydrogen-bond donors (Lipinski definition) is 3. The molecule has 1 aliphatic carbocycles. The molecule has 98 valence electrons. The summed E-state index contributed by atoms with van der Waals surface area (Å²) in [4.78, 5) is 22.6. The van der Waals surface area contributed by atoms with E-state index in [1.54, 1.807) is 6.92 Å². The molecule has 0 radical (unpaired) electrons. The molecule has 17 heavy (non-hydrogen) atoms. The summed E-state index contributed by atoms with van der Waals surface area (Å²) >= 11 is 0. The van der Waals surface area contributed by atoms with Gasteiger partial charge in [-0.3, -0.25) is 10.1 Å². The number of imide groups is 1. The zero-order valence-electron chi connectivity index (χ0n) is 10.9. The smallest absolute Gasteiger partial charge is 0.321 e. The van der Waals surface area contributed by atoms with Crippen LogP contribution in [-0.2, 0) is 4.79 Å². The molecule has 0 spiro atoms. The summed E-state index contributed by atoms with van der Waals surface area (Å²) in [6, 6.07) is -0.386. The number of amides is 3. The molecule has 5 nitrogen and oxygen atoms in total. The summed E-state index contributed by atoms with van der Waals surface area (Å²) < 4.78 is 0. The van der Waals surface area contributed by atoms with Crippen LogP contribution >= 0.6 is 0 Å². The van der Waals surface area contributed by atoms with Crippen LogP contribution in [0.4, 0.5) is 4.79 Å². The van der Waals surface area contributed by atoms with Gasteiger partial charge in [0, 0.05) is 13.1 Å². The fourth-order valence-corrected chi connectivity index (χ4v) is 2.14. The summed E-state index contributed by atoms with van der Waals surface area (Å²) in [7, 11) is 1.49. The van der Waals surface area contributed by atoms with Gasteiger partial charge in [0.15, 0.2) is 0 Å². The van der Waals surface area contributed by atoms with Gasteiger partial charge in [-0.05, 0) is 38.5 Å². The zero-order chi connectivity index (χ0) is 12.8. The summed E-state index contributed by atoms with van der Waals surface area (Å²) in [6.45, 7) is 4.05. The third-order valence-electron chi connectivity index (χ3n) is 3.36. The molecule has 0 aromatic rings. The number of carbonyl (C=O) groups excluding carboxylic acids is 2. The molecule has 0 aromatic heterocycles. The van der Waals surface area contributed by atoms with Crippen LogP contribution in [0.2, 0.25) is 0 Å². The molecule has 0 aromatic carbocycles. The van der Waals surface area contributed by atoms with Crippen molar-refractivity contribution in [2.75, 3.05) is 7.05 Å². The summed E-state index contributed by atoms with van der Waals surface area (Å²) in [5.74, 6) is 0.519. The summed E-state index contributed by atoms with van der Waals surface area (Å²) in [5, 5.41) is 7.91. The van der Waals surface area contributed by atoms with E-state index in [0.29, 0.717) is 6.04 Å². The minimum Gasteiger partial charge on any atom is -0.341 e. The molecule has 5 heteroatoms. The first kappa shape index (κ1) is 14.0. The molecule has 1 fully saturated rings. The van der Waals surface area contributed by atoms with Crippen molar-refractivity contribution in [1.29, 1.82) is 0 Å². The largest absolute Gasteiger partial charge is 0.341 e. The van der Waals surface area contributed by atoms with Crippen molar-refractivity contribution in [3.05, 3.63) is 0 Å². The highest BCUT2D eigenvalue weighted by Gasteiger charge is 2.22. The van der Waals surface area contributed by atoms with Gasteiger partial charge in [-0.1, -0.05) is 6.92 Å². The third-order valence-corrected chi connectivity index (χ3v) is 3.36. The van der Waals surface area contributed by atoms with Crippen LogP contribution in [0.1, 0.15) is 39.5 Å². The Morgan fingerprint density at radius 1 is 1.18 bits per heavy atom. The van der Waals surface area contributed by atoms with Crippen LogP contribution in [0.5, 0.6) is 0 Å². The lowest BCUT2D eigenvalue weighted by atomic mass is 9.87. The Balaban J connectivity index is 2.30. The van der Waals surface area contributed by atoms with E-state index < -0.39 is 6.03 Å². The molecule has 1 rings (SSSR count). The van der Waals surface area contributed by atoms with Gasteiger partial charge < -0.3 is 10.6 Å². The number of carbonyl (C=O) groups is 2. The molecule has 1 atom stereocenters. The van der Waals surface area contributed by atoms with E-state index in [2.05, 4.69) is 22.9 Å². The predicted molar refractivity (Wildman–Crippen MR) is 66.6 cm³/mol. The lowest BCUT2D eigenvalue weighted by molar-refractivity contribution is -0.121. The Kier molecular flexibility index (Phi) is 5.41. The second-order valence-electron chi connectivity index (χ2n) is 4.91. The molecule has 0 bridgehead atoms. The fraction of sp³-hybridized carbons (Fsp3) is 0.833. The monoisotopic (exact) mass is 241 g/mol. The highest BCUT2D eigenvalue weighted by molar-refractivity contribution is 5.96. The number of nitrogens with one attached hydrogen (secondary N) is 3. The zero-order valence-corrected chi connectivity index (χ0v) is 10.9. The topological polar surface area (TPSA) is 70.2 Å². The minimum absolute atomic E-state index is 0.275. The van der Waals surface area contributed by atoms with Gasteiger partial charge >= 0.3 is 6.03 Å². The molecule has 1 saturated carbocycles. The standard InChI is InChI=1S/C12H23N3O2/c1-8-4-6-10(7-5-8)14-9(2)11(16)15-12(17)13-3/h8-10,14H,4-7H2,1-3H3,(H2,13,15,16,17). The van der Waals surface area contributed by atoms with Crippen molar-refractivity contribution in [2.45, 2.75) is 51.6 Å². The Morgan fingerprint density at radius 2 is 1.76 bits per heavy atom. The first-order valence-electron chi connectivity index (χ1n) is 6.31. The summed E-state index contributed by atoms with van der Waals surface area (Å²) in [6.07, 6.45) is 4.64. The van der Waals surface area contributed by atoms with Crippen molar-refractivity contribution in [3.8, 4) is 0 Å². The Hall–Kier alpha value is -1.10. The molecular formula is C12H23N3O2. The Bertz CT molecular complexity index is 273. The van der Waals surface area contributed by atoms with E-state index in [1.165, 1.54) is 19.9 Å². The maximum Gasteiger partial charge on any atom is 0.321 e. The molecule has 1 unspecified atom stereocenters. The SMILES string of the molecule is CNC(=O)NC(=O)C(C)NC1CCC(C)CC1. The number of rotatable bonds is 3. The molecule has 3 N–H and O–H groups in total. The van der Waals surface area contributed by atoms with Crippen LogP contribution < -0.4 is 16.0 Å². The van der Waals surface area contributed by atoms with Crippen molar-refractivity contribution in [2.24, 2.45) is 5.92 Å². The van der Waals surface area contributed by atoms with Gasteiger partial charge in [0.05, 0.1) is 6.04 Å². The predicted octanol–water partition coefficient (Wildman–Crippen LogP) is 0.999. The Labute approximate surface area is 103 Å². The summed E-state index contributed by atoms with van der Waals surface area (Å²) in [5.41, 5.74) is 0. The maximum atomic E-state index is 11.6. The van der Waals surface area contributed by atoms with Crippen molar-refractivity contribution in [3.63, 3.8) is 0 Å². The van der Waals surface area contributed by atoms with Crippen LogP contribution in [0.25, 0.3) is 0 Å². The van der Waals surface area contributed by atoms with Gasteiger partial charge in [-0.2, -0.15) is 0 Å². The molecule has 0 heterocycles. The van der Waals surface area contributed by atoms with Crippen LogP contribution in [-0.4, -0.2) is 31.1 Å². The molecule has 0 saturated heterocycles. The van der Waals surface area contributed by atoms with E-state index in [4.69, 9.17) is 0 Å². The van der Waals surface area contributed by atoms with E-state index in [-0.39, 0.29) is 11.9 Å². The normalized spacial score (nSPS) is 26.1. The van der Waals surface area contributed by atoms with E-state index in [0.717, 1.165) is 18.8 Å². The maximum absolute atomic E-state index is 11.6. The first-order valence-corrected chi connectivity index (χ1v) is 6.31. The quantitative estimate of drug-likeness (QED) is 0.690. The second kappa shape index (κ2) is 6.59. The van der Waals surface area contributed by atoms with Crippen LogP contribution in [0, 0.1) is 5.92 Å². The van der Waals surface area contributed by atoms with Gasteiger partial charge in [-0.25, -0.2) is 4.79 Å². The first-order chi connectivity index (χ1) is 8.02. The van der Waals surface area contributed by atoms with Crippen LogP contribution in [0.3, 0.4) is 0 Å². The van der Waals surface area contributed by atoms with Crippen molar-refractivity contribution < 1.29 is 9.59 Å². The molecule has 0 aliphatic heterocycles. The van der Waals surface area contributed by atoms with E-state index in [1.807, 2.05) is 0 Å². The average Bonchev–Trinajstić information content (AvgIpc) is 2.31. The Morgan fingerprint density at radius 3 is 2.29 bits per heavy atom. The average molecular weight is 241 g/mol. The minimum atomic E-state index is -0.457. The lowest BCUT2D eigenvalue weighted by Crippen LogP contribution is -2.50. The number of hydrogen-bond acceptors (Lipinski definition) is 3. The van der Waals surface area contributed by atoms with Gasteiger partial charge in [0.25, 0.3) is 0 Å². The second-order valence-corrected chi connectivity index (χ2v) is 4.91. The van der Waals surface area contributed by atoms with E-state index in [9.17, 15) is 9.59 Å². The fourth-order valence-electron chi connectivity index (χ4n) is 2.14. The highest BCUT2D eigenvalue weighted by Crippen LogP contribution is 2.23. The molecule has 1 aliphatic rings. The van der Waals surface area contributed by atoms with Crippen LogP contribution in [0.15, 0.2) is 0 Å². The van der Waals surface area contributed by atoms with Gasteiger partial charge in [-0.15, -0.1) is 0 Å². The third kappa shape index (κ3) is 4.73. The van der Waals surface area contributed by atoms with Gasteiger partial charge in [0.2, 0.25) is 5.91 Å². The highest BCUT2D eigenvalue weighted by atomic mass is 16.2. The molecule has 3 amide bonds. The van der Waals surface area contributed by atoms with Crippen molar-refractivity contribution >= 4 is 11.9 Å². The van der Waals surface area contributed by atoms with Crippen molar-refractivity contribution in [1.82, 2.24) is 16.0 Å². The lowest BCUT2D eigenvalue weighted by Gasteiger charge is -2.29. The molecular weight excluding hydrogens is 218 g/mol. The van der Waals surface area contributed by atoms with Gasteiger partial charge in [0.1, 0.15) is 0 Å². The van der Waals surface area contributed by atoms with E-state index >= 15 is 0 Å². The number of urea groups is 1.